The highest BCUT2D eigenvalue weighted by atomic mass is 35.5. The fourth-order valence-corrected chi connectivity index (χ4v) is 3.88. The molecule has 0 atom stereocenters. The van der Waals surface area contributed by atoms with Crippen LogP contribution in [0.5, 0.6) is 5.75 Å². The molecule has 2 rings (SSSR count). The van der Waals surface area contributed by atoms with E-state index >= 15 is 0 Å². The van der Waals surface area contributed by atoms with Gasteiger partial charge in [-0.2, -0.15) is 0 Å². The minimum absolute atomic E-state index is 0.0143. The summed E-state index contributed by atoms with van der Waals surface area (Å²) >= 11 is 5.97. The van der Waals surface area contributed by atoms with Crippen molar-refractivity contribution in [2.45, 2.75) is 36.6 Å². The van der Waals surface area contributed by atoms with Crippen molar-refractivity contribution in [1.82, 2.24) is 4.72 Å². The number of nitrogens with one attached hydrogen (secondary N) is 1. The summed E-state index contributed by atoms with van der Waals surface area (Å²) in [7, 11) is -3.60. The minimum atomic E-state index is -3.60. The monoisotopic (exact) mass is 332 g/mol. The maximum Gasteiger partial charge on any atom is 0.255 e. The Morgan fingerprint density at radius 2 is 2.05 bits per heavy atom. The molecule has 6 nitrogen and oxygen atoms in total. The van der Waals surface area contributed by atoms with Crippen molar-refractivity contribution in [3.8, 4) is 5.75 Å². The molecule has 1 aliphatic carbocycles. The van der Waals surface area contributed by atoms with E-state index in [1.807, 2.05) is 0 Å². The Balaban J connectivity index is 2.12. The van der Waals surface area contributed by atoms with Crippen molar-refractivity contribution >= 4 is 27.5 Å². The zero-order chi connectivity index (χ0) is 15.5. The predicted molar refractivity (Wildman–Crippen MR) is 78.7 cm³/mol. The van der Waals surface area contributed by atoms with E-state index in [-0.39, 0.29) is 28.3 Å². The Labute approximate surface area is 128 Å². The molecule has 0 saturated heterocycles. The van der Waals surface area contributed by atoms with E-state index in [0.29, 0.717) is 0 Å². The second kappa shape index (κ2) is 6.64. The largest absolute Gasteiger partial charge is 0.482 e. The first-order valence-corrected chi connectivity index (χ1v) is 8.47. The molecule has 0 aromatic heterocycles. The lowest BCUT2D eigenvalue weighted by Crippen LogP contribution is -2.32. The zero-order valence-corrected chi connectivity index (χ0v) is 12.9. The fourth-order valence-electron chi connectivity index (χ4n) is 2.25. The van der Waals surface area contributed by atoms with E-state index in [1.165, 1.54) is 18.2 Å². The van der Waals surface area contributed by atoms with E-state index < -0.39 is 15.9 Å². The molecule has 1 amide bonds. The lowest BCUT2D eigenvalue weighted by Gasteiger charge is -2.13. The van der Waals surface area contributed by atoms with Crippen LogP contribution in [0.15, 0.2) is 23.1 Å². The van der Waals surface area contributed by atoms with Crippen LogP contribution in [0.2, 0.25) is 5.02 Å². The summed E-state index contributed by atoms with van der Waals surface area (Å²) in [6.45, 7) is -0.313. The third kappa shape index (κ3) is 4.33. The first-order chi connectivity index (χ1) is 9.88. The van der Waals surface area contributed by atoms with E-state index in [9.17, 15) is 13.2 Å². The highest BCUT2D eigenvalue weighted by Crippen LogP contribution is 2.28. The summed E-state index contributed by atoms with van der Waals surface area (Å²) in [6.07, 6.45) is 3.78. The van der Waals surface area contributed by atoms with Gasteiger partial charge in [-0.25, -0.2) is 13.1 Å². The van der Waals surface area contributed by atoms with Crippen molar-refractivity contribution in [2.75, 3.05) is 6.61 Å². The van der Waals surface area contributed by atoms with Gasteiger partial charge in [0.15, 0.2) is 6.61 Å². The molecular weight excluding hydrogens is 316 g/mol. The Hall–Kier alpha value is -1.31. The molecule has 0 radical (unpaired) electrons. The molecule has 1 aromatic carbocycles. The van der Waals surface area contributed by atoms with Crippen LogP contribution in [-0.4, -0.2) is 27.0 Å². The first kappa shape index (κ1) is 16.1. The van der Waals surface area contributed by atoms with Gasteiger partial charge in [0.2, 0.25) is 10.0 Å². The molecule has 1 aromatic rings. The van der Waals surface area contributed by atoms with Crippen LogP contribution in [0.1, 0.15) is 25.7 Å². The van der Waals surface area contributed by atoms with Gasteiger partial charge in [-0.3, -0.25) is 4.79 Å². The number of hydrogen-bond acceptors (Lipinski definition) is 4. The molecule has 3 N–H and O–H groups in total. The number of hydrogen-bond donors (Lipinski definition) is 2. The molecule has 0 spiro atoms. The molecule has 8 heteroatoms. The van der Waals surface area contributed by atoms with Crippen molar-refractivity contribution in [2.24, 2.45) is 5.73 Å². The summed E-state index contributed by atoms with van der Waals surface area (Å²) in [5.41, 5.74) is 4.97. The van der Waals surface area contributed by atoms with Gasteiger partial charge >= 0.3 is 0 Å². The van der Waals surface area contributed by atoms with Gasteiger partial charge in [-0.05, 0) is 31.0 Å². The van der Waals surface area contributed by atoms with E-state index in [0.717, 1.165) is 25.7 Å². The molecular formula is C13H17ClN2O4S. The average Bonchev–Trinajstić information content (AvgIpc) is 2.89. The number of benzene rings is 1. The number of ether oxygens (including phenoxy) is 1. The zero-order valence-electron chi connectivity index (χ0n) is 11.3. The second-order valence-corrected chi connectivity index (χ2v) is 7.07. The molecule has 0 heterocycles. The van der Waals surface area contributed by atoms with E-state index in [1.54, 1.807) is 0 Å². The molecule has 0 bridgehead atoms. The van der Waals surface area contributed by atoms with Crippen LogP contribution in [0.3, 0.4) is 0 Å². The predicted octanol–water partition coefficient (Wildman–Crippen LogP) is 1.42. The van der Waals surface area contributed by atoms with Gasteiger partial charge in [0.25, 0.3) is 5.91 Å². The normalized spacial score (nSPS) is 16.0. The Bertz CT molecular complexity index is 627. The van der Waals surface area contributed by atoms with Crippen molar-refractivity contribution in [1.29, 1.82) is 0 Å². The number of carbonyl (C=O) groups excluding carboxylic acids is 1. The number of sulfonamides is 1. The van der Waals surface area contributed by atoms with Crippen LogP contribution >= 0.6 is 11.6 Å². The summed E-state index contributed by atoms with van der Waals surface area (Å²) in [6, 6.07) is 4.09. The van der Waals surface area contributed by atoms with Gasteiger partial charge in [-0.15, -0.1) is 0 Å². The maximum atomic E-state index is 12.2. The first-order valence-electron chi connectivity index (χ1n) is 6.61. The maximum absolute atomic E-state index is 12.2. The minimum Gasteiger partial charge on any atom is -0.482 e. The molecule has 1 saturated carbocycles. The van der Waals surface area contributed by atoms with Gasteiger partial charge in [0.05, 0.1) is 9.92 Å². The highest BCUT2D eigenvalue weighted by Gasteiger charge is 2.23. The lowest BCUT2D eigenvalue weighted by atomic mass is 10.3. The Morgan fingerprint density at radius 3 is 2.62 bits per heavy atom. The van der Waals surface area contributed by atoms with Crippen molar-refractivity contribution in [3.63, 3.8) is 0 Å². The molecule has 1 fully saturated rings. The number of amides is 1. The smallest absolute Gasteiger partial charge is 0.255 e. The van der Waals surface area contributed by atoms with Gasteiger partial charge in [-0.1, -0.05) is 24.4 Å². The molecule has 116 valence electrons. The third-order valence-electron chi connectivity index (χ3n) is 3.26. The highest BCUT2D eigenvalue weighted by molar-refractivity contribution is 7.89. The second-order valence-electron chi connectivity index (χ2n) is 4.95. The van der Waals surface area contributed by atoms with Crippen LogP contribution in [0, 0.1) is 0 Å². The summed E-state index contributed by atoms with van der Waals surface area (Å²) in [5.74, 6) is -0.416. The Kier molecular flexibility index (Phi) is 5.08. The fraction of sp³-hybridized carbons (Fsp3) is 0.462. The SMILES string of the molecule is NC(=O)COc1ccc(S(=O)(=O)NC2CCCC2)cc1Cl. The lowest BCUT2D eigenvalue weighted by molar-refractivity contribution is -0.119. The van der Waals surface area contributed by atoms with Crippen LogP contribution in [0.25, 0.3) is 0 Å². The van der Waals surface area contributed by atoms with Gasteiger partial charge in [0.1, 0.15) is 5.75 Å². The number of nitrogens with two attached hydrogens (primary N) is 1. The Morgan fingerprint density at radius 1 is 1.38 bits per heavy atom. The molecule has 0 unspecified atom stereocenters. The van der Waals surface area contributed by atoms with Crippen molar-refractivity contribution in [3.05, 3.63) is 23.2 Å². The number of halogens is 1. The van der Waals surface area contributed by atoms with Crippen LogP contribution in [-0.2, 0) is 14.8 Å². The molecule has 21 heavy (non-hydrogen) atoms. The molecule has 1 aliphatic rings. The topological polar surface area (TPSA) is 98.5 Å². The number of primary amides is 1. The van der Waals surface area contributed by atoms with Gasteiger partial charge in [0, 0.05) is 6.04 Å². The third-order valence-corrected chi connectivity index (χ3v) is 5.07. The standard InChI is InChI=1S/C13H17ClN2O4S/c14-11-7-10(5-6-12(11)20-8-13(15)17)21(18,19)16-9-3-1-2-4-9/h5-7,9,16H,1-4,8H2,(H2,15,17). The van der Waals surface area contributed by atoms with Crippen molar-refractivity contribution < 1.29 is 17.9 Å². The van der Waals surface area contributed by atoms with E-state index in [2.05, 4.69) is 4.72 Å². The molecule has 0 aliphatic heterocycles. The quantitative estimate of drug-likeness (QED) is 0.823. The van der Waals surface area contributed by atoms with Gasteiger partial charge < -0.3 is 10.5 Å². The van der Waals surface area contributed by atoms with Crippen LogP contribution in [0.4, 0.5) is 0 Å². The van der Waals surface area contributed by atoms with E-state index in [4.69, 9.17) is 22.1 Å². The summed E-state index contributed by atoms with van der Waals surface area (Å²) in [5, 5.41) is 0.116. The summed E-state index contributed by atoms with van der Waals surface area (Å²) < 4.78 is 32.2. The summed E-state index contributed by atoms with van der Waals surface area (Å²) in [4.78, 5) is 10.7. The van der Waals surface area contributed by atoms with Crippen LogP contribution < -0.4 is 15.2 Å². The number of carbonyl (C=O) groups is 1. The number of rotatable bonds is 6. The average molecular weight is 333 g/mol.